The molecule has 0 aliphatic carbocycles. The van der Waals surface area contributed by atoms with Crippen molar-refractivity contribution in [3.8, 4) is 0 Å². The summed E-state index contributed by atoms with van der Waals surface area (Å²) in [6.07, 6.45) is 0.361. The van der Waals surface area contributed by atoms with E-state index >= 15 is 0 Å². The highest BCUT2D eigenvalue weighted by Gasteiger charge is 2.45. The van der Waals surface area contributed by atoms with Crippen molar-refractivity contribution in [2.45, 2.75) is 40.0 Å². The van der Waals surface area contributed by atoms with Gasteiger partial charge in [0.25, 0.3) is 0 Å². The van der Waals surface area contributed by atoms with Crippen molar-refractivity contribution in [1.29, 1.82) is 0 Å². The van der Waals surface area contributed by atoms with Crippen molar-refractivity contribution in [3.63, 3.8) is 0 Å². The van der Waals surface area contributed by atoms with E-state index < -0.39 is 23.5 Å². The Balaban J connectivity index is 2.75. The second kappa shape index (κ2) is 9.70. The molecule has 1 atom stereocenters. The van der Waals surface area contributed by atoms with Gasteiger partial charge in [0.05, 0.1) is 13.2 Å². The lowest BCUT2D eigenvalue weighted by Gasteiger charge is -2.24. The molecule has 6 nitrogen and oxygen atoms in total. The lowest BCUT2D eigenvalue weighted by molar-refractivity contribution is -0.169. The molecule has 132 valence electrons. The number of aryl methyl sites for hydroxylation is 1. The molecule has 1 unspecified atom stereocenters. The van der Waals surface area contributed by atoms with Crippen molar-refractivity contribution >= 4 is 18.1 Å². The minimum atomic E-state index is -1.54. The SMILES string of the molecule is CCOC(=O)OC(=O)C(C)(CCCc1ccccc1)C(=O)OCC. The predicted octanol–water partition coefficient (Wildman–Crippen LogP) is 3.28. The highest BCUT2D eigenvalue weighted by atomic mass is 16.7. The molecule has 1 aromatic carbocycles. The first-order valence-electron chi connectivity index (χ1n) is 8.04. The summed E-state index contributed by atoms with van der Waals surface area (Å²) >= 11 is 0. The number of rotatable bonds is 8. The molecule has 0 saturated carbocycles. The topological polar surface area (TPSA) is 78.9 Å². The average Bonchev–Trinajstić information content (AvgIpc) is 2.56. The van der Waals surface area contributed by atoms with Gasteiger partial charge in [0, 0.05) is 0 Å². The third kappa shape index (κ3) is 5.68. The zero-order valence-electron chi connectivity index (χ0n) is 14.4. The molecule has 24 heavy (non-hydrogen) atoms. The molecule has 0 heterocycles. The van der Waals surface area contributed by atoms with Crippen LogP contribution in [0.5, 0.6) is 0 Å². The lowest BCUT2D eigenvalue weighted by atomic mass is 9.84. The van der Waals surface area contributed by atoms with Gasteiger partial charge in [-0.2, -0.15) is 0 Å². The molecule has 6 heteroatoms. The van der Waals surface area contributed by atoms with Crippen LogP contribution in [0.1, 0.15) is 39.2 Å². The van der Waals surface area contributed by atoms with Crippen LogP contribution in [-0.2, 0) is 30.2 Å². The molecule has 0 aromatic heterocycles. The number of ether oxygens (including phenoxy) is 3. The summed E-state index contributed by atoms with van der Waals surface area (Å²) in [5.74, 6) is -1.65. The smallest absolute Gasteiger partial charge is 0.465 e. The summed E-state index contributed by atoms with van der Waals surface area (Å²) in [6.45, 7) is 4.89. The number of carbonyl (C=O) groups excluding carboxylic acids is 3. The van der Waals surface area contributed by atoms with Crippen LogP contribution in [0, 0.1) is 5.41 Å². The Bertz CT molecular complexity index is 554. The molecule has 0 radical (unpaired) electrons. The van der Waals surface area contributed by atoms with Crippen LogP contribution in [0.2, 0.25) is 0 Å². The predicted molar refractivity (Wildman–Crippen MR) is 87.2 cm³/mol. The molecule has 1 aromatic rings. The lowest BCUT2D eigenvalue weighted by Crippen LogP contribution is -2.40. The molecule has 0 aliphatic rings. The van der Waals surface area contributed by atoms with E-state index in [1.807, 2.05) is 30.3 Å². The summed E-state index contributed by atoms with van der Waals surface area (Å²) in [6, 6.07) is 9.71. The van der Waals surface area contributed by atoms with Gasteiger partial charge in [0.15, 0.2) is 5.41 Å². The Morgan fingerprint density at radius 2 is 1.58 bits per heavy atom. The van der Waals surface area contributed by atoms with Crippen LogP contribution in [-0.4, -0.2) is 31.3 Å². The normalized spacial score (nSPS) is 12.8. The monoisotopic (exact) mass is 336 g/mol. The van der Waals surface area contributed by atoms with Crippen LogP contribution < -0.4 is 0 Å². The van der Waals surface area contributed by atoms with Crippen LogP contribution in [0.4, 0.5) is 4.79 Å². The second-order valence-electron chi connectivity index (χ2n) is 5.46. The standard InChI is InChI=1S/C18H24O6/c1-4-22-15(19)18(3,16(20)24-17(21)23-5-2)13-9-12-14-10-7-6-8-11-14/h6-8,10-11H,4-5,9,12-13H2,1-3H3. The fourth-order valence-corrected chi connectivity index (χ4v) is 2.20. The summed E-state index contributed by atoms with van der Waals surface area (Å²) in [7, 11) is 0. The van der Waals surface area contributed by atoms with Crippen LogP contribution in [0.15, 0.2) is 30.3 Å². The largest absolute Gasteiger partial charge is 0.516 e. The van der Waals surface area contributed by atoms with E-state index in [2.05, 4.69) is 9.47 Å². The molecule has 0 N–H and O–H groups in total. The van der Waals surface area contributed by atoms with Gasteiger partial charge in [0.1, 0.15) is 0 Å². The molecule has 0 aliphatic heterocycles. The maximum Gasteiger partial charge on any atom is 0.516 e. The molecule has 0 saturated heterocycles. The first-order chi connectivity index (χ1) is 11.4. The summed E-state index contributed by atoms with van der Waals surface area (Å²) < 4.78 is 14.2. The maximum absolute atomic E-state index is 12.3. The Kier molecular flexibility index (Phi) is 7.95. The van der Waals surface area contributed by atoms with Crippen molar-refractivity contribution < 1.29 is 28.6 Å². The number of esters is 2. The van der Waals surface area contributed by atoms with Crippen LogP contribution in [0.3, 0.4) is 0 Å². The van der Waals surface area contributed by atoms with Crippen molar-refractivity contribution in [2.75, 3.05) is 13.2 Å². The van der Waals surface area contributed by atoms with Crippen molar-refractivity contribution in [1.82, 2.24) is 0 Å². The van der Waals surface area contributed by atoms with E-state index in [-0.39, 0.29) is 19.6 Å². The highest BCUT2D eigenvalue weighted by Crippen LogP contribution is 2.28. The van der Waals surface area contributed by atoms with E-state index in [0.29, 0.717) is 12.8 Å². The quantitative estimate of drug-likeness (QED) is 0.535. The Labute approximate surface area is 142 Å². The maximum atomic E-state index is 12.3. The Hall–Kier alpha value is -2.37. The first kappa shape index (κ1) is 19.7. The van der Waals surface area contributed by atoms with E-state index in [1.54, 1.807) is 13.8 Å². The zero-order chi connectivity index (χ0) is 18.0. The van der Waals surface area contributed by atoms with Gasteiger partial charge in [0.2, 0.25) is 0 Å². The van der Waals surface area contributed by atoms with E-state index in [9.17, 15) is 14.4 Å². The van der Waals surface area contributed by atoms with E-state index in [0.717, 1.165) is 5.56 Å². The number of carbonyl (C=O) groups is 3. The van der Waals surface area contributed by atoms with Gasteiger partial charge in [-0.15, -0.1) is 0 Å². The van der Waals surface area contributed by atoms with Gasteiger partial charge in [-0.05, 0) is 45.6 Å². The minimum absolute atomic E-state index is 0.0796. The van der Waals surface area contributed by atoms with Crippen LogP contribution in [0.25, 0.3) is 0 Å². The van der Waals surface area contributed by atoms with E-state index in [4.69, 9.17) is 4.74 Å². The number of benzene rings is 1. The molecule has 0 bridgehead atoms. The third-order valence-corrected chi connectivity index (χ3v) is 3.60. The molecule has 0 amide bonds. The average molecular weight is 336 g/mol. The number of hydrogen-bond acceptors (Lipinski definition) is 6. The first-order valence-corrected chi connectivity index (χ1v) is 8.04. The Morgan fingerprint density at radius 1 is 0.958 bits per heavy atom. The van der Waals surface area contributed by atoms with E-state index in [1.165, 1.54) is 6.92 Å². The van der Waals surface area contributed by atoms with Gasteiger partial charge < -0.3 is 14.2 Å². The minimum Gasteiger partial charge on any atom is -0.465 e. The Morgan fingerprint density at radius 3 is 2.17 bits per heavy atom. The molecule has 1 rings (SSSR count). The van der Waals surface area contributed by atoms with Crippen molar-refractivity contribution in [2.24, 2.45) is 5.41 Å². The van der Waals surface area contributed by atoms with Gasteiger partial charge in [-0.3, -0.25) is 9.59 Å². The third-order valence-electron chi connectivity index (χ3n) is 3.60. The molecular formula is C18H24O6. The summed E-state index contributed by atoms with van der Waals surface area (Å²) in [5.41, 5.74) is -0.445. The summed E-state index contributed by atoms with van der Waals surface area (Å²) in [4.78, 5) is 35.9. The molecule has 0 spiro atoms. The fraction of sp³-hybridized carbons (Fsp3) is 0.500. The fourth-order valence-electron chi connectivity index (χ4n) is 2.20. The van der Waals surface area contributed by atoms with Gasteiger partial charge in [-0.1, -0.05) is 30.3 Å². The van der Waals surface area contributed by atoms with Gasteiger partial charge in [-0.25, -0.2) is 4.79 Å². The van der Waals surface area contributed by atoms with Gasteiger partial charge >= 0.3 is 18.1 Å². The van der Waals surface area contributed by atoms with Crippen molar-refractivity contribution in [3.05, 3.63) is 35.9 Å². The molecular weight excluding hydrogens is 312 g/mol. The highest BCUT2D eigenvalue weighted by molar-refractivity contribution is 6.02. The van der Waals surface area contributed by atoms with Crippen LogP contribution >= 0.6 is 0 Å². The second-order valence-corrected chi connectivity index (χ2v) is 5.46. The summed E-state index contributed by atoms with van der Waals surface area (Å²) in [5, 5.41) is 0. The molecule has 0 fully saturated rings. The zero-order valence-corrected chi connectivity index (χ0v) is 14.4. The number of hydrogen-bond donors (Lipinski definition) is 0.